The van der Waals surface area contributed by atoms with Gasteiger partial charge in [0.25, 0.3) is 0 Å². The van der Waals surface area contributed by atoms with Gasteiger partial charge in [0.05, 0.1) is 0 Å². The zero-order valence-electron chi connectivity index (χ0n) is 7.98. The van der Waals surface area contributed by atoms with Gasteiger partial charge in [0, 0.05) is 12.6 Å². The van der Waals surface area contributed by atoms with Crippen molar-refractivity contribution < 1.29 is 8.76 Å². The van der Waals surface area contributed by atoms with Crippen LogP contribution in [0.1, 0.15) is 26.2 Å². The number of hydrogen-bond acceptors (Lipinski definition) is 1. The maximum atomic E-state index is 11.0. The van der Waals surface area contributed by atoms with Gasteiger partial charge in [0.15, 0.2) is 0 Å². The van der Waals surface area contributed by atoms with Crippen LogP contribution in [0.4, 0.5) is 0 Å². The SMILES string of the molecule is C=CC[C@H](C)N(CC1CC1)S(=O)O. The summed E-state index contributed by atoms with van der Waals surface area (Å²) in [5.74, 6) is 0.642. The van der Waals surface area contributed by atoms with E-state index in [0.29, 0.717) is 5.92 Å². The molecule has 1 aliphatic carbocycles. The molecule has 2 atom stereocenters. The summed E-state index contributed by atoms with van der Waals surface area (Å²) >= 11 is -1.83. The fourth-order valence-corrected chi connectivity index (χ4v) is 2.04. The first-order chi connectivity index (χ1) is 6.15. The predicted octanol–water partition coefficient (Wildman–Crippen LogP) is 1.80. The van der Waals surface area contributed by atoms with E-state index in [9.17, 15) is 4.21 Å². The van der Waals surface area contributed by atoms with Gasteiger partial charge in [-0.3, -0.25) is 4.55 Å². The zero-order valence-corrected chi connectivity index (χ0v) is 8.80. The molecular formula is C9H17NO2S. The van der Waals surface area contributed by atoms with Crippen molar-refractivity contribution in [1.82, 2.24) is 4.31 Å². The van der Waals surface area contributed by atoms with Gasteiger partial charge in [-0.2, -0.15) is 4.31 Å². The van der Waals surface area contributed by atoms with Crippen molar-refractivity contribution >= 4 is 11.3 Å². The van der Waals surface area contributed by atoms with E-state index in [1.165, 1.54) is 12.8 Å². The standard InChI is InChI=1S/C9H17NO2S/c1-3-4-8(2)10(13(11)12)7-9-5-6-9/h3,8-9H,1,4-7H2,2H3,(H,11,12)/t8-/m0/s1. The first-order valence-corrected chi connectivity index (χ1v) is 5.70. The van der Waals surface area contributed by atoms with Crippen molar-refractivity contribution in [3.05, 3.63) is 12.7 Å². The number of hydrogen-bond donors (Lipinski definition) is 1. The van der Waals surface area contributed by atoms with Crippen LogP contribution in [0.15, 0.2) is 12.7 Å². The summed E-state index contributed by atoms with van der Waals surface area (Å²) in [6.07, 6.45) is 4.96. The van der Waals surface area contributed by atoms with Gasteiger partial charge in [-0.25, -0.2) is 4.21 Å². The Morgan fingerprint density at radius 3 is 2.77 bits per heavy atom. The van der Waals surface area contributed by atoms with Crippen molar-refractivity contribution in [2.45, 2.75) is 32.2 Å². The van der Waals surface area contributed by atoms with Gasteiger partial charge in [0.1, 0.15) is 0 Å². The molecule has 0 bridgehead atoms. The van der Waals surface area contributed by atoms with Crippen LogP contribution in [0.5, 0.6) is 0 Å². The van der Waals surface area contributed by atoms with E-state index in [-0.39, 0.29) is 6.04 Å². The first-order valence-electron chi connectivity index (χ1n) is 4.63. The maximum Gasteiger partial charge on any atom is 0.234 e. The molecule has 0 heterocycles. The molecule has 0 aromatic carbocycles. The Labute approximate surface area is 82.2 Å². The molecule has 0 spiro atoms. The van der Waals surface area contributed by atoms with Crippen molar-refractivity contribution in [2.24, 2.45) is 5.92 Å². The highest BCUT2D eigenvalue weighted by molar-refractivity contribution is 7.76. The third-order valence-electron chi connectivity index (χ3n) is 2.34. The minimum atomic E-state index is -1.83. The highest BCUT2D eigenvalue weighted by Crippen LogP contribution is 2.30. The molecule has 0 saturated heterocycles. The van der Waals surface area contributed by atoms with Gasteiger partial charge < -0.3 is 0 Å². The van der Waals surface area contributed by atoms with E-state index in [1.54, 1.807) is 10.4 Å². The summed E-state index contributed by atoms with van der Waals surface area (Å²) in [5.41, 5.74) is 0. The monoisotopic (exact) mass is 203 g/mol. The lowest BCUT2D eigenvalue weighted by Gasteiger charge is -2.23. The second kappa shape index (κ2) is 4.88. The minimum Gasteiger partial charge on any atom is -0.294 e. The maximum absolute atomic E-state index is 11.0. The Morgan fingerprint density at radius 1 is 1.77 bits per heavy atom. The zero-order chi connectivity index (χ0) is 9.84. The molecule has 0 amide bonds. The summed E-state index contributed by atoms with van der Waals surface area (Å²) in [7, 11) is 0. The molecule has 13 heavy (non-hydrogen) atoms. The molecule has 1 fully saturated rings. The van der Waals surface area contributed by atoms with Crippen molar-refractivity contribution in [3.8, 4) is 0 Å². The second-order valence-corrected chi connectivity index (χ2v) is 4.58. The molecule has 0 aromatic heterocycles. The van der Waals surface area contributed by atoms with E-state index < -0.39 is 11.3 Å². The van der Waals surface area contributed by atoms with Crippen LogP contribution in [0, 0.1) is 5.92 Å². The second-order valence-electron chi connectivity index (χ2n) is 3.65. The van der Waals surface area contributed by atoms with Crippen LogP contribution >= 0.6 is 0 Å². The molecule has 0 aliphatic heterocycles. The van der Waals surface area contributed by atoms with Crippen molar-refractivity contribution in [2.75, 3.05) is 6.54 Å². The predicted molar refractivity (Wildman–Crippen MR) is 54.5 cm³/mol. The molecule has 1 unspecified atom stereocenters. The largest absolute Gasteiger partial charge is 0.294 e. The summed E-state index contributed by atoms with van der Waals surface area (Å²) in [6, 6.07) is 0.115. The Balaban J connectivity index is 2.43. The van der Waals surface area contributed by atoms with Crippen LogP contribution in [-0.2, 0) is 11.3 Å². The summed E-state index contributed by atoms with van der Waals surface area (Å²) in [5, 5.41) is 0. The van der Waals surface area contributed by atoms with Gasteiger partial charge in [0.2, 0.25) is 11.3 Å². The van der Waals surface area contributed by atoms with E-state index in [1.807, 2.05) is 6.92 Å². The summed E-state index contributed by atoms with van der Waals surface area (Å²) < 4.78 is 21.7. The van der Waals surface area contributed by atoms with Crippen LogP contribution < -0.4 is 0 Å². The van der Waals surface area contributed by atoms with E-state index >= 15 is 0 Å². The van der Waals surface area contributed by atoms with Crippen molar-refractivity contribution in [1.29, 1.82) is 0 Å². The Morgan fingerprint density at radius 2 is 2.38 bits per heavy atom. The molecule has 1 N–H and O–H groups in total. The van der Waals surface area contributed by atoms with E-state index in [0.717, 1.165) is 13.0 Å². The molecule has 0 aromatic rings. The lowest BCUT2D eigenvalue weighted by Crippen LogP contribution is -2.35. The first kappa shape index (κ1) is 10.9. The normalized spacial score (nSPS) is 21.5. The third kappa shape index (κ3) is 3.58. The molecule has 4 heteroatoms. The number of rotatable bonds is 6. The molecule has 76 valence electrons. The lowest BCUT2D eigenvalue weighted by molar-refractivity contribution is 0.318. The topological polar surface area (TPSA) is 40.5 Å². The average Bonchev–Trinajstić information content (AvgIpc) is 2.83. The smallest absolute Gasteiger partial charge is 0.234 e. The summed E-state index contributed by atoms with van der Waals surface area (Å²) in [4.78, 5) is 0. The van der Waals surface area contributed by atoms with Gasteiger partial charge in [-0.05, 0) is 32.1 Å². The molecule has 1 aliphatic rings. The summed E-state index contributed by atoms with van der Waals surface area (Å²) in [6.45, 7) is 6.33. The highest BCUT2D eigenvalue weighted by atomic mass is 32.2. The Hall–Kier alpha value is -0.190. The van der Waals surface area contributed by atoms with Crippen LogP contribution in [-0.4, -0.2) is 25.7 Å². The fraction of sp³-hybridized carbons (Fsp3) is 0.778. The van der Waals surface area contributed by atoms with E-state index in [4.69, 9.17) is 4.55 Å². The quantitative estimate of drug-likeness (QED) is 0.528. The highest BCUT2D eigenvalue weighted by Gasteiger charge is 2.28. The third-order valence-corrected chi connectivity index (χ3v) is 3.25. The molecular weight excluding hydrogens is 186 g/mol. The van der Waals surface area contributed by atoms with Gasteiger partial charge in [-0.15, -0.1) is 6.58 Å². The molecule has 1 saturated carbocycles. The Kier molecular flexibility index (Phi) is 4.09. The molecule has 0 radical (unpaired) electrons. The van der Waals surface area contributed by atoms with Crippen LogP contribution in [0.3, 0.4) is 0 Å². The number of nitrogens with zero attached hydrogens (tertiary/aromatic N) is 1. The minimum absolute atomic E-state index is 0.115. The molecule has 3 nitrogen and oxygen atoms in total. The van der Waals surface area contributed by atoms with Gasteiger partial charge >= 0.3 is 0 Å². The van der Waals surface area contributed by atoms with E-state index in [2.05, 4.69) is 6.58 Å². The van der Waals surface area contributed by atoms with Crippen molar-refractivity contribution in [3.63, 3.8) is 0 Å². The molecule has 1 rings (SSSR count). The van der Waals surface area contributed by atoms with Gasteiger partial charge in [-0.1, -0.05) is 6.08 Å². The van der Waals surface area contributed by atoms with Crippen LogP contribution in [0.2, 0.25) is 0 Å². The lowest BCUT2D eigenvalue weighted by atomic mass is 10.2. The van der Waals surface area contributed by atoms with Crippen LogP contribution in [0.25, 0.3) is 0 Å². The average molecular weight is 203 g/mol. The fourth-order valence-electron chi connectivity index (χ4n) is 1.31. The Bertz CT molecular complexity index is 204.